The molecule has 2 heterocycles. The number of ether oxygens (including phenoxy) is 1. The van der Waals surface area contributed by atoms with Crippen LogP contribution < -0.4 is 5.32 Å². The van der Waals surface area contributed by atoms with Crippen LogP contribution in [0.1, 0.15) is 18.5 Å². The van der Waals surface area contributed by atoms with Gasteiger partial charge in [-0.05, 0) is 44.0 Å². The van der Waals surface area contributed by atoms with Crippen molar-refractivity contribution in [2.75, 3.05) is 39.2 Å². The van der Waals surface area contributed by atoms with Gasteiger partial charge in [0.15, 0.2) is 0 Å². The Labute approximate surface area is 120 Å². The van der Waals surface area contributed by atoms with Crippen LogP contribution in [0.15, 0.2) is 12.1 Å². The summed E-state index contributed by atoms with van der Waals surface area (Å²) >= 11 is 6.21. The summed E-state index contributed by atoms with van der Waals surface area (Å²) in [6, 6.07) is 3.81. The topological polar surface area (TPSA) is 37.4 Å². The van der Waals surface area contributed by atoms with Gasteiger partial charge in [-0.25, -0.2) is 4.98 Å². The highest BCUT2D eigenvalue weighted by Gasteiger charge is 2.20. The Bertz CT molecular complexity index is 406. The first-order valence-corrected chi connectivity index (χ1v) is 7.15. The highest BCUT2D eigenvalue weighted by Crippen LogP contribution is 2.22. The molecular weight excluding hydrogens is 262 g/mol. The first kappa shape index (κ1) is 14.6. The summed E-state index contributed by atoms with van der Waals surface area (Å²) in [5.74, 6) is 1.57. The van der Waals surface area contributed by atoms with E-state index in [1.807, 2.05) is 19.2 Å². The van der Waals surface area contributed by atoms with Crippen LogP contribution in [-0.4, -0.2) is 43.7 Å². The Kier molecular flexibility index (Phi) is 5.43. The first-order valence-electron chi connectivity index (χ1n) is 6.77. The van der Waals surface area contributed by atoms with E-state index in [0.29, 0.717) is 5.92 Å². The standard InChI is InChI=1S/C14H22ClN3O/c1-16-14-4-3-12(15)13(17-14)9-18-7-5-11(6-8-18)10-19-2/h3-4,11H,5-10H2,1-2H3,(H,16,17). The Morgan fingerprint density at radius 3 is 2.79 bits per heavy atom. The molecule has 19 heavy (non-hydrogen) atoms. The number of aromatic nitrogens is 1. The van der Waals surface area contributed by atoms with Crippen LogP contribution in [0.5, 0.6) is 0 Å². The Morgan fingerprint density at radius 1 is 1.42 bits per heavy atom. The summed E-state index contributed by atoms with van der Waals surface area (Å²) < 4.78 is 5.22. The second-order valence-corrected chi connectivity index (χ2v) is 5.46. The van der Waals surface area contributed by atoms with Crippen LogP contribution in [0.2, 0.25) is 5.02 Å². The summed E-state index contributed by atoms with van der Waals surface area (Å²) in [5, 5.41) is 3.80. The maximum atomic E-state index is 6.21. The number of halogens is 1. The molecule has 2 rings (SSSR count). The molecule has 1 aliphatic rings. The first-order chi connectivity index (χ1) is 9.22. The van der Waals surface area contributed by atoms with Crippen LogP contribution in [0, 0.1) is 5.92 Å². The van der Waals surface area contributed by atoms with Crippen molar-refractivity contribution in [3.63, 3.8) is 0 Å². The lowest BCUT2D eigenvalue weighted by atomic mass is 9.98. The third-order valence-electron chi connectivity index (χ3n) is 3.66. The minimum atomic E-state index is 0.702. The van der Waals surface area contributed by atoms with Gasteiger partial charge in [-0.1, -0.05) is 11.6 Å². The molecule has 5 heteroatoms. The highest BCUT2D eigenvalue weighted by molar-refractivity contribution is 6.31. The van der Waals surface area contributed by atoms with Crippen LogP contribution in [0.3, 0.4) is 0 Å². The van der Waals surface area contributed by atoms with Gasteiger partial charge in [0, 0.05) is 27.3 Å². The number of nitrogens with zero attached hydrogens (tertiary/aromatic N) is 2. The summed E-state index contributed by atoms with van der Waals surface area (Å²) in [6.45, 7) is 3.89. The van der Waals surface area contributed by atoms with Gasteiger partial charge >= 0.3 is 0 Å². The Hall–Kier alpha value is -0.840. The minimum Gasteiger partial charge on any atom is -0.384 e. The maximum absolute atomic E-state index is 6.21. The second-order valence-electron chi connectivity index (χ2n) is 5.05. The van der Waals surface area contributed by atoms with E-state index in [2.05, 4.69) is 15.2 Å². The van der Waals surface area contributed by atoms with E-state index in [1.165, 1.54) is 12.8 Å². The molecule has 1 aromatic heterocycles. The Morgan fingerprint density at radius 2 is 2.16 bits per heavy atom. The monoisotopic (exact) mass is 283 g/mol. The number of hydrogen-bond donors (Lipinski definition) is 1. The van der Waals surface area contributed by atoms with Gasteiger partial charge in [-0.2, -0.15) is 0 Å². The number of piperidine rings is 1. The average molecular weight is 284 g/mol. The molecule has 1 fully saturated rings. The molecule has 0 amide bonds. The summed E-state index contributed by atoms with van der Waals surface area (Å²) in [6.07, 6.45) is 2.38. The molecular formula is C14H22ClN3O. The zero-order valence-corrected chi connectivity index (χ0v) is 12.4. The molecule has 0 radical (unpaired) electrons. The van der Waals surface area contributed by atoms with Crippen LogP contribution >= 0.6 is 11.6 Å². The van der Waals surface area contributed by atoms with Gasteiger partial charge in [0.1, 0.15) is 5.82 Å². The van der Waals surface area contributed by atoms with Gasteiger partial charge in [0.05, 0.1) is 10.7 Å². The summed E-state index contributed by atoms with van der Waals surface area (Å²) in [4.78, 5) is 6.95. The zero-order chi connectivity index (χ0) is 13.7. The minimum absolute atomic E-state index is 0.702. The smallest absolute Gasteiger partial charge is 0.126 e. The van der Waals surface area contributed by atoms with Gasteiger partial charge in [-0.3, -0.25) is 4.90 Å². The average Bonchev–Trinajstić information content (AvgIpc) is 2.44. The molecule has 0 bridgehead atoms. The fourth-order valence-electron chi connectivity index (χ4n) is 2.49. The van der Waals surface area contributed by atoms with Crippen molar-refractivity contribution in [1.29, 1.82) is 0 Å². The quantitative estimate of drug-likeness (QED) is 0.901. The number of anilines is 1. The van der Waals surface area contributed by atoms with E-state index in [4.69, 9.17) is 16.3 Å². The van der Waals surface area contributed by atoms with Crippen molar-refractivity contribution in [2.24, 2.45) is 5.92 Å². The van der Waals surface area contributed by atoms with E-state index in [0.717, 1.165) is 42.8 Å². The highest BCUT2D eigenvalue weighted by atomic mass is 35.5. The van der Waals surface area contributed by atoms with Crippen LogP contribution in [-0.2, 0) is 11.3 Å². The largest absolute Gasteiger partial charge is 0.384 e. The Balaban J connectivity index is 1.91. The van der Waals surface area contributed by atoms with E-state index < -0.39 is 0 Å². The number of pyridine rings is 1. The molecule has 106 valence electrons. The summed E-state index contributed by atoms with van der Waals surface area (Å²) in [7, 11) is 3.65. The fourth-order valence-corrected chi connectivity index (χ4v) is 2.66. The third kappa shape index (κ3) is 4.06. The lowest BCUT2D eigenvalue weighted by Crippen LogP contribution is -2.34. The number of hydrogen-bond acceptors (Lipinski definition) is 4. The lowest BCUT2D eigenvalue weighted by molar-refractivity contribution is 0.0963. The molecule has 1 aromatic rings. The van der Waals surface area contributed by atoms with Crippen molar-refractivity contribution in [3.8, 4) is 0 Å². The van der Waals surface area contributed by atoms with Crippen LogP contribution in [0.25, 0.3) is 0 Å². The van der Waals surface area contributed by atoms with E-state index in [9.17, 15) is 0 Å². The molecule has 1 N–H and O–H groups in total. The van der Waals surface area contributed by atoms with E-state index in [-0.39, 0.29) is 0 Å². The predicted octanol–water partition coefficient (Wildman–Crippen LogP) is 2.64. The fraction of sp³-hybridized carbons (Fsp3) is 0.643. The number of rotatable bonds is 5. The van der Waals surface area contributed by atoms with Crippen molar-refractivity contribution in [1.82, 2.24) is 9.88 Å². The van der Waals surface area contributed by atoms with Gasteiger partial charge in [0.25, 0.3) is 0 Å². The van der Waals surface area contributed by atoms with E-state index >= 15 is 0 Å². The molecule has 0 aliphatic carbocycles. The molecule has 1 saturated heterocycles. The van der Waals surface area contributed by atoms with Gasteiger partial charge < -0.3 is 10.1 Å². The van der Waals surface area contributed by atoms with Crippen LogP contribution in [0.4, 0.5) is 5.82 Å². The molecule has 1 aliphatic heterocycles. The van der Waals surface area contributed by atoms with Crippen molar-refractivity contribution < 1.29 is 4.74 Å². The van der Waals surface area contributed by atoms with Crippen molar-refractivity contribution in [2.45, 2.75) is 19.4 Å². The number of likely N-dealkylation sites (tertiary alicyclic amines) is 1. The van der Waals surface area contributed by atoms with Crippen molar-refractivity contribution >= 4 is 17.4 Å². The molecule has 0 unspecified atom stereocenters. The number of methoxy groups -OCH3 is 1. The zero-order valence-electron chi connectivity index (χ0n) is 11.7. The number of nitrogens with one attached hydrogen (secondary N) is 1. The molecule has 0 atom stereocenters. The predicted molar refractivity (Wildman–Crippen MR) is 78.7 cm³/mol. The molecule has 4 nitrogen and oxygen atoms in total. The maximum Gasteiger partial charge on any atom is 0.126 e. The van der Waals surface area contributed by atoms with Gasteiger partial charge in [0.2, 0.25) is 0 Å². The summed E-state index contributed by atoms with van der Waals surface area (Å²) in [5.41, 5.74) is 0.957. The second kappa shape index (κ2) is 7.08. The molecule has 0 spiro atoms. The third-order valence-corrected chi connectivity index (χ3v) is 4.00. The van der Waals surface area contributed by atoms with Gasteiger partial charge in [-0.15, -0.1) is 0 Å². The SMILES string of the molecule is CNc1ccc(Cl)c(CN2CCC(COC)CC2)n1. The van der Waals surface area contributed by atoms with E-state index in [1.54, 1.807) is 7.11 Å². The lowest BCUT2D eigenvalue weighted by Gasteiger charge is -2.31. The molecule has 0 aromatic carbocycles. The normalized spacial score (nSPS) is 17.6. The van der Waals surface area contributed by atoms with Crippen molar-refractivity contribution in [3.05, 3.63) is 22.8 Å². The molecule has 0 saturated carbocycles.